The highest BCUT2D eigenvalue weighted by Crippen LogP contribution is 2.16. The van der Waals surface area contributed by atoms with Crippen LogP contribution in [0, 0.1) is 12.8 Å². The summed E-state index contributed by atoms with van der Waals surface area (Å²) in [4.78, 5) is 9.02. The molecule has 1 unspecified atom stereocenters. The molecule has 1 fully saturated rings. The van der Waals surface area contributed by atoms with Crippen LogP contribution in [-0.4, -0.2) is 66.9 Å². The van der Waals surface area contributed by atoms with Crippen molar-refractivity contribution in [2.24, 2.45) is 11.7 Å². The van der Waals surface area contributed by atoms with Gasteiger partial charge in [-0.15, -0.1) is 0 Å². The van der Waals surface area contributed by atoms with Crippen LogP contribution in [0.4, 0.5) is 0 Å². The number of nitrogens with one attached hydrogen (secondary N) is 1. The van der Waals surface area contributed by atoms with Gasteiger partial charge in [-0.2, -0.15) is 4.31 Å². The minimum absolute atomic E-state index is 0.179. The van der Waals surface area contributed by atoms with E-state index in [0.29, 0.717) is 31.4 Å². The molecule has 2 heterocycles. The zero-order valence-corrected chi connectivity index (χ0v) is 12.9. The van der Waals surface area contributed by atoms with Crippen molar-refractivity contribution in [3.63, 3.8) is 0 Å². The number of nitrogens with zero attached hydrogens (tertiary/aromatic N) is 3. The van der Waals surface area contributed by atoms with Crippen molar-refractivity contribution in [2.75, 3.05) is 39.3 Å². The van der Waals surface area contributed by atoms with Gasteiger partial charge in [-0.25, -0.2) is 13.4 Å². The Bertz CT molecular complexity index is 534. The van der Waals surface area contributed by atoms with Gasteiger partial charge in [-0.3, -0.25) is 0 Å². The van der Waals surface area contributed by atoms with E-state index in [0.717, 1.165) is 19.6 Å². The number of hydrogen-bond donors (Lipinski definition) is 2. The van der Waals surface area contributed by atoms with Gasteiger partial charge in [0.05, 0.1) is 6.20 Å². The molecule has 1 aromatic rings. The van der Waals surface area contributed by atoms with Crippen LogP contribution in [0.5, 0.6) is 0 Å². The number of aromatic nitrogens is 2. The van der Waals surface area contributed by atoms with E-state index in [1.54, 1.807) is 6.92 Å². The number of rotatable bonds is 5. The zero-order chi connectivity index (χ0) is 14.8. The lowest BCUT2D eigenvalue weighted by Gasteiger charge is -2.34. The first-order chi connectivity index (χ1) is 9.43. The van der Waals surface area contributed by atoms with Crippen molar-refractivity contribution >= 4 is 10.0 Å². The molecule has 0 spiro atoms. The fraction of sp³-hybridized carbons (Fsp3) is 0.750. The van der Waals surface area contributed by atoms with Gasteiger partial charge >= 0.3 is 0 Å². The van der Waals surface area contributed by atoms with E-state index in [4.69, 9.17) is 5.73 Å². The molecular formula is C12H23N5O2S. The van der Waals surface area contributed by atoms with Crippen LogP contribution in [0.1, 0.15) is 12.7 Å². The first-order valence-corrected chi connectivity index (χ1v) is 8.31. The van der Waals surface area contributed by atoms with Crippen LogP contribution in [0.25, 0.3) is 0 Å². The lowest BCUT2D eigenvalue weighted by atomic mass is 10.1. The summed E-state index contributed by atoms with van der Waals surface area (Å²) in [5, 5.41) is 0.179. The summed E-state index contributed by atoms with van der Waals surface area (Å²) in [7, 11) is -3.43. The molecule has 20 heavy (non-hydrogen) atoms. The van der Waals surface area contributed by atoms with Gasteiger partial charge in [0.15, 0.2) is 5.03 Å². The second kappa shape index (κ2) is 6.21. The number of piperazine rings is 1. The Morgan fingerprint density at radius 2 is 2.05 bits per heavy atom. The Balaban J connectivity index is 1.96. The molecule has 0 bridgehead atoms. The second-order valence-corrected chi connectivity index (χ2v) is 7.28. The lowest BCUT2D eigenvalue weighted by molar-refractivity contribution is 0.169. The summed E-state index contributed by atoms with van der Waals surface area (Å²) < 4.78 is 26.3. The van der Waals surface area contributed by atoms with E-state index in [-0.39, 0.29) is 5.03 Å². The fourth-order valence-corrected chi connectivity index (χ4v) is 3.72. The van der Waals surface area contributed by atoms with Crippen molar-refractivity contribution in [3.05, 3.63) is 12.0 Å². The van der Waals surface area contributed by atoms with Crippen LogP contribution >= 0.6 is 0 Å². The molecule has 1 atom stereocenters. The summed E-state index contributed by atoms with van der Waals surface area (Å²) in [6, 6.07) is 0. The predicted octanol–water partition coefficient (Wildman–Crippen LogP) is -0.381. The zero-order valence-electron chi connectivity index (χ0n) is 12.0. The molecule has 7 nitrogen and oxygen atoms in total. The van der Waals surface area contributed by atoms with Gasteiger partial charge < -0.3 is 15.6 Å². The summed E-state index contributed by atoms with van der Waals surface area (Å²) >= 11 is 0. The molecule has 0 radical (unpaired) electrons. The second-order valence-electron chi connectivity index (χ2n) is 5.38. The number of aromatic amines is 1. The van der Waals surface area contributed by atoms with E-state index in [1.165, 1.54) is 10.5 Å². The Labute approximate surface area is 120 Å². The molecule has 3 N–H and O–H groups in total. The number of imidazole rings is 1. The third-order valence-corrected chi connectivity index (χ3v) is 5.41. The van der Waals surface area contributed by atoms with Gasteiger partial charge in [0.25, 0.3) is 10.0 Å². The van der Waals surface area contributed by atoms with E-state index in [1.807, 2.05) is 0 Å². The van der Waals surface area contributed by atoms with Crippen LogP contribution in [0.3, 0.4) is 0 Å². The molecule has 1 aliphatic heterocycles. The number of aryl methyl sites for hydroxylation is 1. The van der Waals surface area contributed by atoms with Crippen molar-refractivity contribution in [3.8, 4) is 0 Å². The highest BCUT2D eigenvalue weighted by molar-refractivity contribution is 7.89. The first-order valence-electron chi connectivity index (χ1n) is 6.87. The highest BCUT2D eigenvalue weighted by Gasteiger charge is 2.29. The van der Waals surface area contributed by atoms with E-state index in [2.05, 4.69) is 21.8 Å². The van der Waals surface area contributed by atoms with Crippen molar-refractivity contribution in [1.82, 2.24) is 19.2 Å². The van der Waals surface area contributed by atoms with Crippen molar-refractivity contribution in [1.29, 1.82) is 0 Å². The average Bonchev–Trinajstić information content (AvgIpc) is 2.86. The molecule has 0 aromatic carbocycles. The smallest absolute Gasteiger partial charge is 0.260 e. The number of sulfonamides is 1. The molecule has 0 amide bonds. The first kappa shape index (κ1) is 15.4. The van der Waals surface area contributed by atoms with Crippen LogP contribution in [0.15, 0.2) is 11.2 Å². The lowest BCUT2D eigenvalue weighted by Crippen LogP contribution is -2.50. The average molecular weight is 301 g/mol. The molecule has 1 aromatic heterocycles. The van der Waals surface area contributed by atoms with Crippen molar-refractivity contribution in [2.45, 2.75) is 18.9 Å². The van der Waals surface area contributed by atoms with Crippen LogP contribution < -0.4 is 5.73 Å². The largest absolute Gasteiger partial charge is 0.332 e. The highest BCUT2D eigenvalue weighted by atomic mass is 32.2. The third kappa shape index (κ3) is 3.38. The maximum Gasteiger partial charge on any atom is 0.260 e. The van der Waals surface area contributed by atoms with E-state index >= 15 is 0 Å². The molecule has 0 aliphatic carbocycles. The molecule has 2 rings (SSSR count). The normalized spacial score (nSPS) is 20.1. The fourth-order valence-electron chi connectivity index (χ4n) is 2.34. The van der Waals surface area contributed by atoms with Gasteiger partial charge in [-0.1, -0.05) is 6.92 Å². The molecule has 1 saturated heterocycles. The standard InChI is InChI=1S/C12H23N5O2S/c1-10(7-13)9-16-3-5-17(6-4-16)20(18,19)12-8-14-11(2)15-12/h8,10H,3-7,9,13H2,1-2H3,(H,14,15). The van der Waals surface area contributed by atoms with Gasteiger partial charge in [0.1, 0.15) is 5.82 Å². The van der Waals surface area contributed by atoms with Gasteiger partial charge in [-0.05, 0) is 19.4 Å². The van der Waals surface area contributed by atoms with Crippen LogP contribution in [0.2, 0.25) is 0 Å². The minimum Gasteiger partial charge on any atom is -0.332 e. The summed E-state index contributed by atoms with van der Waals surface area (Å²) in [6.45, 7) is 7.95. The maximum atomic E-state index is 12.4. The van der Waals surface area contributed by atoms with E-state index in [9.17, 15) is 8.42 Å². The number of hydrogen-bond acceptors (Lipinski definition) is 5. The third-order valence-electron chi connectivity index (χ3n) is 3.60. The van der Waals surface area contributed by atoms with Crippen molar-refractivity contribution < 1.29 is 8.42 Å². The monoisotopic (exact) mass is 301 g/mol. The van der Waals surface area contributed by atoms with Crippen LogP contribution in [-0.2, 0) is 10.0 Å². The Hall–Kier alpha value is -0.960. The molecule has 114 valence electrons. The number of H-pyrrole nitrogens is 1. The maximum absolute atomic E-state index is 12.4. The predicted molar refractivity (Wildman–Crippen MR) is 76.7 cm³/mol. The summed E-state index contributed by atoms with van der Waals surface area (Å²) in [6.07, 6.45) is 1.38. The Kier molecular flexibility index (Phi) is 4.79. The minimum atomic E-state index is -3.43. The molecule has 1 aliphatic rings. The Morgan fingerprint density at radius 1 is 1.40 bits per heavy atom. The SMILES string of the molecule is Cc1ncc(S(=O)(=O)N2CCN(CC(C)CN)CC2)[nH]1. The van der Waals surface area contributed by atoms with Gasteiger partial charge in [0.2, 0.25) is 0 Å². The van der Waals surface area contributed by atoms with Gasteiger partial charge in [0, 0.05) is 32.7 Å². The molecule has 8 heteroatoms. The van der Waals surface area contributed by atoms with E-state index < -0.39 is 10.0 Å². The number of nitrogens with two attached hydrogens (primary N) is 1. The molecule has 0 saturated carbocycles. The Morgan fingerprint density at radius 3 is 2.55 bits per heavy atom. The topological polar surface area (TPSA) is 95.3 Å². The molecular weight excluding hydrogens is 278 g/mol. The summed E-state index contributed by atoms with van der Waals surface area (Å²) in [5.74, 6) is 1.05. The quantitative estimate of drug-likeness (QED) is 0.773. The summed E-state index contributed by atoms with van der Waals surface area (Å²) in [5.41, 5.74) is 5.62.